The number of rotatable bonds is 6. The summed E-state index contributed by atoms with van der Waals surface area (Å²) in [6.07, 6.45) is 7.51. The molecule has 1 aromatic carbocycles. The zero-order valence-electron chi connectivity index (χ0n) is 16.6. The summed E-state index contributed by atoms with van der Waals surface area (Å²) in [6.45, 7) is 5.61. The van der Waals surface area contributed by atoms with Crippen molar-refractivity contribution < 1.29 is 13.5 Å². The maximum atomic E-state index is 13.5. The minimum absolute atomic E-state index is 0.0677. The van der Waals surface area contributed by atoms with Crippen molar-refractivity contribution in [2.45, 2.75) is 32.7 Å². The van der Waals surface area contributed by atoms with Crippen LogP contribution >= 0.6 is 0 Å². The fourth-order valence-corrected chi connectivity index (χ4v) is 5.48. The Bertz CT molecular complexity index is 1010. The summed E-state index contributed by atoms with van der Waals surface area (Å²) >= 11 is 0. The average Bonchev–Trinajstić information content (AvgIpc) is 3.10. The molecule has 0 atom stereocenters. The first kappa shape index (κ1) is 18.6. The van der Waals surface area contributed by atoms with E-state index in [9.17, 15) is 8.78 Å². The van der Waals surface area contributed by atoms with E-state index in [1.165, 1.54) is 6.07 Å². The van der Waals surface area contributed by atoms with E-state index in [0.717, 1.165) is 62.4 Å². The van der Waals surface area contributed by atoms with Crippen LogP contribution in [0, 0.1) is 22.5 Å². The van der Waals surface area contributed by atoms with Crippen molar-refractivity contribution in [3.05, 3.63) is 66.1 Å². The van der Waals surface area contributed by atoms with Gasteiger partial charge in [-0.2, -0.15) is 0 Å². The smallest absolute Gasteiger partial charge is 0.162 e. The second-order valence-corrected chi connectivity index (χ2v) is 8.92. The molecule has 2 aliphatic heterocycles. The number of piperidine rings is 2. The second-order valence-electron chi connectivity index (χ2n) is 8.92. The van der Waals surface area contributed by atoms with Gasteiger partial charge in [0.1, 0.15) is 11.4 Å². The van der Waals surface area contributed by atoms with Crippen LogP contribution in [0.4, 0.5) is 8.78 Å². The van der Waals surface area contributed by atoms with Crippen molar-refractivity contribution in [3.63, 3.8) is 0 Å². The summed E-state index contributed by atoms with van der Waals surface area (Å²) in [7, 11) is 0. The van der Waals surface area contributed by atoms with Crippen molar-refractivity contribution in [1.29, 1.82) is 0 Å². The molecule has 3 fully saturated rings. The van der Waals surface area contributed by atoms with Crippen molar-refractivity contribution in [3.8, 4) is 5.75 Å². The van der Waals surface area contributed by atoms with Gasteiger partial charge in [-0.05, 0) is 48.9 Å². The van der Waals surface area contributed by atoms with Gasteiger partial charge in [-0.15, -0.1) is 0 Å². The normalized spacial score (nSPS) is 26.4. The van der Waals surface area contributed by atoms with E-state index in [-0.39, 0.29) is 5.41 Å². The molecule has 29 heavy (non-hydrogen) atoms. The van der Waals surface area contributed by atoms with Crippen LogP contribution in [0.15, 0.2) is 48.8 Å². The predicted molar refractivity (Wildman–Crippen MR) is 107 cm³/mol. The maximum absolute atomic E-state index is 13.5. The Morgan fingerprint density at radius 2 is 1.90 bits per heavy atom. The van der Waals surface area contributed by atoms with Crippen LogP contribution in [-0.4, -0.2) is 34.0 Å². The average molecular weight is 397 g/mol. The molecule has 4 nitrogen and oxygen atoms in total. The Labute approximate surface area is 169 Å². The van der Waals surface area contributed by atoms with Crippen LogP contribution in [0.1, 0.15) is 31.9 Å². The van der Waals surface area contributed by atoms with Crippen LogP contribution in [-0.2, 0) is 6.54 Å². The zero-order valence-corrected chi connectivity index (χ0v) is 16.6. The zero-order chi connectivity index (χ0) is 20.1. The minimum atomic E-state index is -0.867. The van der Waals surface area contributed by atoms with E-state index in [2.05, 4.69) is 22.4 Å². The van der Waals surface area contributed by atoms with Gasteiger partial charge in [0.25, 0.3) is 0 Å². The van der Waals surface area contributed by atoms with Gasteiger partial charge < -0.3 is 9.14 Å². The number of hydrogen-bond donors (Lipinski definition) is 0. The van der Waals surface area contributed by atoms with Crippen molar-refractivity contribution >= 4 is 5.65 Å². The molecule has 2 saturated heterocycles. The highest BCUT2D eigenvalue weighted by Crippen LogP contribution is 2.60. The summed E-state index contributed by atoms with van der Waals surface area (Å²) in [4.78, 5) is 7.22. The van der Waals surface area contributed by atoms with E-state index in [1.807, 2.05) is 24.4 Å². The molecule has 0 N–H and O–H groups in total. The summed E-state index contributed by atoms with van der Waals surface area (Å²) in [6, 6.07) is 9.77. The number of imidazole rings is 1. The Morgan fingerprint density at radius 1 is 1.07 bits per heavy atom. The quantitative estimate of drug-likeness (QED) is 0.605. The third-order valence-corrected chi connectivity index (χ3v) is 6.60. The summed E-state index contributed by atoms with van der Waals surface area (Å²) in [5, 5.41) is 0. The van der Waals surface area contributed by atoms with Gasteiger partial charge in [-0.25, -0.2) is 13.8 Å². The molecule has 1 aliphatic carbocycles. The number of aromatic nitrogens is 2. The molecular formula is C23H25F2N3O. The van der Waals surface area contributed by atoms with Gasteiger partial charge in [-0.1, -0.05) is 13.0 Å². The Kier molecular flexibility index (Phi) is 4.35. The van der Waals surface area contributed by atoms with Crippen molar-refractivity contribution in [2.75, 3.05) is 19.7 Å². The SMILES string of the molecule is CCC12CN(Cc3cn4ccccc4n3)CC(COc3ccc(F)c(F)c3)(C1)C2. The van der Waals surface area contributed by atoms with E-state index in [4.69, 9.17) is 9.72 Å². The molecule has 0 unspecified atom stereocenters. The summed E-state index contributed by atoms with van der Waals surface area (Å²) in [5.74, 6) is -1.32. The lowest BCUT2D eigenvalue weighted by Gasteiger charge is -2.63. The second kappa shape index (κ2) is 6.80. The summed E-state index contributed by atoms with van der Waals surface area (Å²) in [5.41, 5.74) is 2.43. The van der Waals surface area contributed by atoms with Gasteiger partial charge in [0.15, 0.2) is 11.6 Å². The fourth-order valence-electron chi connectivity index (χ4n) is 5.48. The van der Waals surface area contributed by atoms with Crippen LogP contribution in [0.2, 0.25) is 0 Å². The molecule has 0 amide bonds. The molecule has 3 aromatic rings. The highest BCUT2D eigenvalue weighted by molar-refractivity contribution is 5.39. The number of hydrogen-bond acceptors (Lipinski definition) is 3. The lowest BCUT2D eigenvalue weighted by atomic mass is 9.49. The largest absolute Gasteiger partial charge is 0.493 e. The van der Waals surface area contributed by atoms with Crippen LogP contribution in [0.25, 0.3) is 5.65 Å². The molecule has 6 rings (SSSR count). The molecule has 2 bridgehead atoms. The number of pyridine rings is 1. The lowest BCUT2D eigenvalue weighted by Crippen LogP contribution is -2.64. The van der Waals surface area contributed by atoms with Crippen LogP contribution in [0.5, 0.6) is 5.75 Å². The number of halogens is 2. The van der Waals surface area contributed by atoms with Gasteiger partial charge in [-0.3, -0.25) is 4.90 Å². The van der Waals surface area contributed by atoms with E-state index >= 15 is 0 Å². The third-order valence-electron chi connectivity index (χ3n) is 6.60. The van der Waals surface area contributed by atoms with Crippen molar-refractivity contribution in [1.82, 2.24) is 14.3 Å². The molecule has 3 aliphatic rings. The maximum Gasteiger partial charge on any atom is 0.162 e. The minimum Gasteiger partial charge on any atom is -0.493 e. The van der Waals surface area contributed by atoms with E-state index < -0.39 is 11.6 Å². The molecule has 1 saturated carbocycles. The van der Waals surface area contributed by atoms with Crippen molar-refractivity contribution in [2.24, 2.45) is 10.8 Å². The first-order valence-corrected chi connectivity index (χ1v) is 10.2. The molecule has 6 heteroatoms. The Balaban J connectivity index is 1.30. The molecule has 152 valence electrons. The first-order chi connectivity index (χ1) is 14.0. The highest BCUT2D eigenvalue weighted by Gasteiger charge is 2.58. The molecular weight excluding hydrogens is 372 g/mol. The molecule has 0 spiro atoms. The molecule has 4 heterocycles. The topological polar surface area (TPSA) is 29.8 Å². The van der Waals surface area contributed by atoms with Gasteiger partial charge >= 0.3 is 0 Å². The number of nitrogens with zero attached hydrogens (tertiary/aromatic N) is 3. The Morgan fingerprint density at radius 3 is 2.66 bits per heavy atom. The van der Waals surface area contributed by atoms with E-state index in [0.29, 0.717) is 17.8 Å². The standard InChI is InChI=1S/C23H25F2N3O/c1-2-22-12-23(13-22,16-29-18-6-7-19(24)20(25)9-18)15-27(14-22)10-17-11-28-8-4-3-5-21(28)26-17/h3-9,11H,2,10,12-16H2,1H3. The van der Waals surface area contributed by atoms with E-state index in [1.54, 1.807) is 0 Å². The fraction of sp³-hybridized carbons (Fsp3) is 0.435. The van der Waals surface area contributed by atoms with Crippen LogP contribution in [0.3, 0.4) is 0 Å². The predicted octanol–water partition coefficient (Wildman–Crippen LogP) is 4.68. The summed E-state index contributed by atoms with van der Waals surface area (Å²) < 4.78 is 34.6. The molecule has 0 radical (unpaired) electrons. The number of ether oxygens (including phenoxy) is 1. The van der Waals surface area contributed by atoms with Crippen LogP contribution < -0.4 is 4.74 Å². The molecule has 2 aromatic heterocycles. The number of fused-ring (bicyclic) bond motifs is 3. The van der Waals surface area contributed by atoms with Gasteiger partial charge in [0.05, 0.1) is 12.3 Å². The highest BCUT2D eigenvalue weighted by atomic mass is 19.2. The lowest BCUT2D eigenvalue weighted by molar-refractivity contribution is -0.155. The first-order valence-electron chi connectivity index (χ1n) is 10.2. The Hall–Kier alpha value is -2.47. The third kappa shape index (κ3) is 3.39. The van der Waals surface area contributed by atoms with Gasteiger partial charge in [0, 0.05) is 43.5 Å². The monoisotopic (exact) mass is 397 g/mol. The number of benzene rings is 1. The van der Waals surface area contributed by atoms with Gasteiger partial charge in [0.2, 0.25) is 0 Å².